The first-order valence-corrected chi connectivity index (χ1v) is 12.6. The summed E-state index contributed by atoms with van der Waals surface area (Å²) in [5.41, 5.74) is 2.15. The second-order valence-electron chi connectivity index (χ2n) is 8.37. The molecule has 33 heavy (non-hydrogen) atoms. The lowest BCUT2D eigenvalue weighted by Crippen LogP contribution is -2.23. The molecule has 0 spiro atoms. The number of alkyl halides is 3. The Balaban J connectivity index is 1.37. The third-order valence-corrected chi connectivity index (χ3v) is 8.10. The molecule has 1 aliphatic rings. The summed E-state index contributed by atoms with van der Waals surface area (Å²) >= 11 is 6.27. The molecule has 0 radical (unpaired) electrons. The summed E-state index contributed by atoms with van der Waals surface area (Å²) in [7, 11) is -3.80. The lowest BCUT2D eigenvalue weighted by atomic mass is 10.0. The van der Waals surface area contributed by atoms with Gasteiger partial charge >= 0.3 is 6.18 Å². The van der Waals surface area contributed by atoms with Gasteiger partial charge in [0.1, 0.15) is 0 Å². The Morgan fingerprint density at radius 1 is 0.970 bits per heavy atom. The van der Waals surface area contributed by atoms with E-state index in [0.29, 0.717) is 24.5 Å². The summed E-state index contributed by atoms with van der Waals surface area (Å²) in [5.74, 6) is -0.275. The molecule has 174 valence electrons. The largest absolute Gasteiger partial charge is 0.416 e. The summed E-state index contributed by atoms with van der Waals surface area (Å²) in [6, 6.07) is 19.7. The molecule has 0 unspecified atom stereocenters. The van der Waals surface area contributed by atoms with Crippen LogP contribution in [0.5, 0.6) is 0 Å². The van der Waals surface area contributed by atoms with E-state index < -0.39 is 21.6 Å². The fraction of sp³-hybridized carbons (Fsp3) is 0.280. The van der Waals surface area contributed by atoms with Gasteiger partial charge in [-0.2, -0.15) is 13.2 Å². The summed E-state index contributed by atoms with van der Waals surface area (Å²) in [6.07, 6.45) is -3.88. The van der Waals surface area contributed by atoms with Gasteiger partial charge in [0.25, 0.3) is 0 Å². The quantitative estimate of drug-likeness (QED) is 0.403. The lowest BCUT2D eigenvalue weighted by Gasteiger charge is -2.17. The van der Waals surface area contributed by atoms with Gasteiger partial charge < -0.3 is 0 Å². The van der Waals surface area contributed by atoms with E-state index in [-0.39, 0.29) is 16.6 Å². The van der Waals surface area contributed by atoms with Crippen molar-refractivity contribution in [3.8, 4) is 11.1 Å². The van der Waals surface area contributed by atoms with E-state index in [0.717, 1.165) is 41.4 Å². The number of likely N-dealkylation sites (tertiary alicyclic amines) is 1. The smallest absolute Gasteiger partial charge is 0.299 e. The molecule has 0 saturated carbocycles. The van der Waals surface area contributed by atoms with Crippen LogP contribution in [0.25, 0.3) is 11.1 Å². The Morgan fingerprint density at radius 2 is 1.70 bits per heavy atom. The molecule has 1 aliphatic heterocycles. The van der Waals surface area contributed by atoms with Gasteiger partial charge in [0.15, 0.2) is 9.84 Å². The topological polar surface area (TPSA) is 37.4 Å². The van der Waals surface area contributed by atoms with Crippen molar-refractivity contribution >= 4 is 21.4 Å². The third-order valence-electron chi connectivity index (χ3n) is 5.89. The molecule has 4 rings (SSSR count). The van der Waals surface area contributed by atoms with Crippen LogP contribution in [0.3, 0.4) is 0 Å². The first kappa shape index (κ1) is 23.8. The summed E-state index contributed by atoms with van der Waals surface area (Å²) < 4.78 is 64.3. The molecule has 3 aromatic rings. The Morgan fingerprint density at radius 3 is 2.39 bits per heavy atom. The van der Waals surface area contributed by atoms with Gasteiger partial charge in [0.05, 0.1) is 16.2 Å². The van der Waals surface area contributed by atoms with Crippen LogP contribution >= 0.6 is 11.6 Å². The Kier molecular flexibility index (Phi) is 6.84. The van der Waals surface area contributed by atoms with Crippen LogP contribution in [0.2, 0.25) is 5.02 Å². The normalized spacial score (nSPS) is 17.4. The molecule has 0 bridgehead atoms. The zero-order valence-electron chi connectivity index (χ0n) is 17.7. The van der Waals surface area contributed by atoms with Crippen LogP contribution < -0.4 is 0 Å². The lowest BCUT2D eigenvalue weighted by molar-refractivity contribution is -0.137. The SMILES string of the molecule is O=S(=O)(C[C@@H]1CCN(Cc2ccc(-c3ccccc3Cl)cc2)C1)c1cccc(C(F)(F)F)c1. The molecule has 3 nitrogen and oxygen atoms in total. The van der Waals surface area contributed by atoms with E-state index in [4.69, 9.17) is 11.6 Å². The highest BCUT2D eigenvalue weighted by Crippen LogP contribution is 2.32. The molecular formula is C25H23ClF3NO2S. The van der Waals surface area contributed by atoms with Crippen LogP contribution in [0.1, 0.15) is 17.5 Å². The van der Waals surface area contributed by atoms with E-state index >= 15 is 0 Å². The van der Waals surface area contributed by atoms with E-state index in [9.17, 15) is 21.6 Å². The standard InChI is InChI=1S/C25H23ClF3NO2S/c26-24-7-2-1-6-23(24)20-10-8-18(9-11-20)15-30-13-12-19(16-30)17-33(31,32)22-5-3-4-21(14-22)25(27,28)29/h1-11,14,19H,12-13,15-17H2/t19-/m1/s1. The second-order valence-corrected chi connectivity index (χ2v) is 10.8. The van der Waals surface area contributed by atoms with Crippen molar-refractivity contribution in [1.82, 2.24) is 4.90 Å². The maximum absolute atomic E-state index is 13.0. The van der Waals surface area contributed by atoms with Crippen LogP contribution in [0.15, 0.2) is 77.7 Å². The number of halogens is 4. The molecule has 8 heteroatoms. The molecular weight excluding hydrogens is 471 g/mol. The van der Waals surface area contributed by atoms with Gasteiger partial charge in [-0.15, -0.1) is 0 Å². The van der Waals surface area contributed by atoms with Gasteiger partial charge in [-0.3, -0.25) is 4.90 Å². The van der Waals surface area contributed by atoms with E-state index in [1.165, 1.54) is 6.07 Å². The summed E-state index contributed by atoms with van der Waals surface area (Å²) in [6.45, 7) is 2.02. The highest BCUT2D eigenvalue weighted by Gasteiger charge is 2.33. The van der Waals surface area contributed by atoms with Crippen molar-refractivity contribution in [1.29, 1.82) is 0 Å². The van der Waals surface area contributed by atoms with E-state index in [2.05, 4.69) is 4.90 Å². The monoisotopic (exact) mass is 493 g/mol. The van der Waals surface area contributed by atoms with E-state index in [1.807, 2.05) is 48.5 Å². The zero-order valence-corrected chi connectivity index (χ0v) is 19.3. The maximum atomic E-state index is 13.0. The number of sulfone groups is 1. The minimum Gasteiger partial charge on any atom is -0.299 e. The minimum absolute atomic E-state index is 0.119. The number of hydrogen-bond acceptors (Lipinski definition) is 3. The van der Waals surface area contributed by atoms with Crippen LogP contribution in [-0.4, -0.2) is 32.2 Å². The number of nitrogens with zero attached hydrogens (tertiary/aromatic N) is 1. The van der Waals surface area contributed by atoms with Gasteiger partial charge in [-0.1, -0.05) is 60.1 Å². The van der Waals surface area contributed by atoms with Crippen LogP contribution in [-0.2, 0) is 22.6 Å². The van der Waals surface area contributed by atoms with Crippen molar-refractivity contribution in [3.05, 3.63) is 88.9 Å². The van der Waals surface area contributed by atoms with Crippen LogP contribution in [0, 0.1) is 5.92 Å². The van der Waals surface area contributed by atoms with E-state index in [1.54, 1.807) is 0 Å². The molecule has 3 aromatic carbocycles. The van der Waals surface area contributed by atoms with Gasteiger partial charge in [0, 0.05) is 23.7 Å². The van der Waals surface area contributed by atoms with Gasteiger partial charge in [-0.05, 0) is 54.3 Å². The zero-order chi connectivity index (χ0) is 23.6. The number of hydrogen-bond donors (Lipinski definition) is 0. The van der Waals surface area contributed by atoms with Crippen LogP contribution in [0.4, 0.5) is 13.2 Å². The maximum Gasteiger partial charge on any atom is 0.416 e. The predicted octanol–water partition coefficient (Wildman–Crippen LogP) is 6.32. The number of rotatable bonds is 6. The predicted molar refractivity (Wildman–Crippen MR) is 124 cm³/mol. The molecule has 0 aliphatic carbocycles. The third kappa shape index (κ3) is 5.78. The highest BCUT2D eigenvalue weighted by atomic mass is 35.5. The fourth-order valence-electron chi connectivity index (χ4n) is 4.21. The van der Waals surface area contributed by atoms with Crippen molar-refractivity contribution in [2.75, 3.05) is 18.8 Å². The Hall–Kier alpha value is -2.35. The van der Waals surface area contributed by atoms with Crippen molar-refractivity contribution in [2.45, 2.75) is 24.0 Å². The molecule has 0 amide bonds. The molecule has 0 aromatic heterocycles. The molecule has 1 fully saturated rings. The average Bonchev–Trinajstić information content (AvgIpc) is 3.20. The summed E-state index contributed by atoms with van der Waals surface area (Å²) in [5, 5.41) is 0.689. The number of benzene rings is 3. The average molecular weight is 494 g/mol. The highest BCUT2D eigenvalue weighted by molar-refractivity contribution is 7.91. The van der Waals surface area contributed by atoms with Crippen molar-refractivity contribution < 1.29 is 21.6 Å². The van der Waals surface area contributed by atoms with Gasteiger partial charge in [-0.25, -0.2) is 8.42 Å². The van der Waals surface area contributed by atoms with Crippen molar-refractivity contribution in [2.24, 2.45) is 5.92 Å². The Labute approximate surface area is 196 Å². The summed E-state index contributed by atoms with van der Waals surface area (Å²) in [4.78, 5) is 1.91. The molecule has 1 heterocycles. The first-order valence-electron chi connectivity index (χ1n) is 10.6. The fourth-order valence-corrected chi connectivity index (χ4v) is 6.13. The minimum atomic E-state index is -4.57. The first-order chi connectivity index (χ1) is 15.6. The van der Waals surface area contributed by atoms with Crippen molar-refractivity contribution in [3.63, 3.8) is 0 Å². The second kappa shape index (κ2) is 9.49. The Bertz CT molecular complexity index is 1230. The molecule has 0 N–H and O–H groups in total. The molecule has 1 atom stereocenters. The van der Waals surface area contributed by atoms with Gasteiger partial charge in [0.2, 0.25) is 0 Å². The molecule has 1 saturated heterocycles.